The molecule has 1 rings (SSSR count). The predicted molar refractivity (Wildman–Crippen MR) is 60.6 cm³/mol. The lowest BCUT2D eigenvalue weighted by Crippen LogP contribution is -2.00. The quantitative estimate of drug-likeness (QED) is 0.390. The van der Waals surface area contributed by atoms with Gasteiger partial charge in [-0.25, -0.2) is 0 Å². The molecular formula is C10H15NO3S. The minimum atomic E-state index is -0.254. The summed E-state index contributed by atoms with van der Waals surface area (Å²) >= 11 is 1.81. The molecule has 1 aromatic rings. The first-order chi connectivity index (χ1) is 7.29. The molecule has 4 nitrogen and oxygen atoms in total. The van der Waals surface area contributed by atoms with Crippen LogP contribution in [0.4, 0.5) is 0 Å². The van der Waals surface area contributed by atoms with E-state index in [0.29, 0.717) is 6.42 Å². The molecule has 0 saturated carbocycles. The zero-order chi connectivity index (χ0) is 10.9. The molecule has 0 unspecified atom stereocenters. The van der Waals surface area contributed by atoms with Crippen LogP contribution in [-0.2, 0) is 5.75 Å². The van der Waals surface area contributed by atoms with Crippen molar-refractivity contribution in [2.45, 2.75) is 25.0 Å². The van der Waals surface area contributed by atoms with Crippen LogP contribution >= 0.6 is 11.8 Å². The van der Waals surface area contributed by atoms with Crippen LogP contribution in [0.3, 0.4) is 0 Å². The minimum absolute atomic E-state index is 0.100. The maximum Gasteiger partial charge on any atom is 0.203 e. The summed E-state index contributed by atoms with van der Waals surface area (Å²) in [5.74, 6) is 2.92. The molecule has 84 valence electrons. The zero-order valence-corrected chi connectivity index (χ0v) is 9.37. The number of nitrogens with zero attached hydrogens (tertiary/aromatic N) is 1. The van der Waals surface area contributed by atoms with E-state index in [1.807, 2.05) is 12.1 Å². The van der Waals surface area contributed by atoms with Crippen LogP contribution in [-0.4, -0.2) is 17.2 Å². The van der Waals surface area contributed by atoms with Gasteiger partial charge in [0.2, 0.25) is 6.54 Å². The Bertz CT molecular complexity index is 274. The van der Waals surface area contributed by atoms with Crippen molar-refractivity contribution in [3.63, 3.8) is 0 Å². The van der Waals surface area contributed by atoms with Gasteiger partial charge in [-0.3, -0.25) is 10.1 Å². The van der Waals surface area contributed by atoms with Crippen LogP contribution in [0, 0.1) is 10.1 Å². The number of thioether (sulfide) groups is 1. The van der Waals surface area contributed by atoms with E-state index in [-0.39, 0.29) is 11.5 Å². The maximum absolute atomic E-state index is 10.0. The first-order valence-electron chi connectivity index (χ1n) is 5.01. The Labute approximate surface area is 93.2 Å². The zero-order valence-electron chi connectivity index (χ0n) is 8.55. The van der Waals surface area contributed by atoms with Crippen molar-refractivity contribution >= 4 is 11.8 Å². The van der Waals surface area contributed by atoms with Crippen LogP contribution in [0.2, 0.25) is 0 Å². The van der Waals surface area contributed by atoms with Gasteiger partial charge in [0.05, 0.1) is 12.0 Å². The number of rotatable bonds is 8. The molecule has 0 saturated heterocycles. The molecule has 0 aliphatic carbocycles. The fraction of sp³-hybridized carbons (Fsp3) is 0.600. The maximum atomic E-state index is 10.0. The lowest BCUT2D eigenvalue weighted by molar-refractivity contribution is -0.480. The third-order valence-corrected chi connectivity index (χ3v) is 3.02. The standard InChI is InChI=1S/C10H15NO3S/c12-11(13)6-2-1-3-8-15-9-10-5-4-7-14-10/h4-5,7H,1-3,6,8-9H2. The highest BCUT2D eigenvalue weighted by molar-refractivity contribution is 7.98. The molecule has 0 aliphatic rings. The van der Waals surface area contributed by atoms with E-state index in [1.54, 1.807) is 18.0 Å². The van der Waals surface area contributed by atoms with Crippen molar-refractivity contribution in [3.05, 3.63) is 34.3 Å². The lowest BCUT2D eigenvalue weighted by atomic mass is 10.2. The molecule has 1 aromatic heterocycles. The second-order valence-electron chi connectivity index (χ2n) is 3.25. The smallest absolute Gasteiger partial charge is 0.203 e. The summed E-state index contributed by atoms with van der Waals surface area (Å²) in [6, 6.07) is 3.84. The topological polar surface area (TPSA) is 56.3 Å². The molecule has 0 aliphatic heterocycles. The SMILES string of the molecule is O=[N+]([O-])CCCCCSCc1ccco1. The Morgan fingerprint density at radius 1 is 1.40 bits per heavy atom. The highest BCUT2D eigenvalue weighted by Crippen LogP contribution is 2.14. The summed E-state index contributed by atoms with van der Waals surface area (Å²) in [5.41, 5.74) is 0. The second kappa shape index (κ2) is 7.34. The Balaban J connectivity index is 1.87. The average molecular weight is 229 g/mol. The molecule has 1 heterocycles. The molecule has 0 amide bonds. The summed E-state index contributed by atoms with van der Waals surface area (Å²) in [4.78, 5) is 9.78. The normalized spacial score (nSPS) is 10.4. The molecule has 0 spiro atoms. The van der Waals surface area contributed by atoms with Crippen LogP contribution < -0.4 is 0 Å². The Hall–Kier alpha value is -0.970. The van der Waals surface area contributed by atoms with Crippen LogP contribution in [0.25, 0.3) is 0 Å². The van der Waals surface area contributed by atoms with E-state index < -0.39 is 0 Å². The van der Waals surface area contributed by atoms with Gasteiger partial charge in [0, 0.05) is 11.3 Å². The van der Waals surface area contributed by atoms with E-state index in [9.17, 15) is 10.1 Å². The molecular weight excluding hydrogens is 214 g/mol. The molecule has 0 bridgehead atoms. The van der Waals surface area contributed by atoms with Gasteiger partial charge >= 0.3 is 0 Å². The largest absolute Gasteiger partial charge is 0.468 e. The highest BCUT2D eigenvalue weighted by atomic mass is 32.2. The van der Waals surface area contributed by atoms with Gasteiger partial charge in [0.15, 0.2) is 0 Å². The summed E-state index contributed by atoms with van der Waals surface area (Å²) in [6.45, 7) is 0.100. The number of nitro groups is 1. The Morgan fingerprint density at radius 2 is 2.27 bits per heavy atom. The van der Waals surface area contributed by atoms with Crippen molar-refractivity contribution in [3.8, 4) is 0 Å². The van der Waals surface area contributed by atoms with Crippen molar-refractivity contribution in [2.75, 3.05) is 12.3 Å². The average Bonchev–Trinajstić information content (AvgIpc) is 2.68. The molecule has 0 aromatic carbocycles. The van der Waals surface area contributed by atoms with Crippen LogP contribution in [0.1, 0.15) is 25.0 Å². The molecule has 5 heteroatoms. The second-order valence-corrected chi connectivity index (χ2v) is 4.35. The van der Waals surface area contributed by atoms with Crippen molar-refractivity contribution < 1.29 is 9.34 Å². The molecule has 15 heavy (non-hydrogen) atoms. The number of unbranched alkanes of at least 4 members (excludes halogenated alkanes) is 2. The monoisotopic (exact) mass is 229 g/mol. The third-order valence-electron chi connectivity index (χ3n) is 1.95. The summed E-state index contributed by atoms with van der Waals surface area (Å²) in [6.07, 6.45) is 4.34. The molecule has 0 fully saturated rings. The summed E-state index contributed by atoms with van der Waals surface area (Å²) in [7, 11) is 0. The predicted octanol–water partition coefficient (Wildman–Crippen LogP) is 2.96. The van der Waals surface area contributed by atoms with Gasteiger partial charge in [-0.1, -0.05) is 0 Å². The van der Waals surface area contributed by atoms with Gasteiger partial charge in [0.1, 0.15) is 5.76 Å². The van der Waals surface area contributed by atoms with Gasteiger partial charge in [-0.2, -0.15) is 11.8 Å². The molecule has 0 N–H and O–H groups in total. The van der Waals surface area contributed by atoms with E-state index in [4.69, 9.17) is 4.42 Å². The summed E-state index contributed by atoms with van der Waals surface area (Å²) in [5, 5.41) is 10.0. The Kier molecular flexibility index (Phi) is 5.92. The first-order valence-corrected chi connectivity index (χ1v) is 6.16. The van der Waals surface area contributed by atoms with E-state index in [0.717, 1.165) is 30.1 Å². The molecule has 0 radical (unpaired) electrons. The Morgan fingerprint density at radius 3 is 2.93 bits per heavy atom. The summed E-state index contributed by atoms with van der Waals surface area (Å²) < 4.78 is 5.18. The fourth-order valence-electron chi connectivity index (χ4n) is 1.19. The lowest BCUT2D eigenvalue weighted by Gasteiger charge is -1.98. The molecule has 0 atom stereocenters. The van der Waals surface area contributed by atoms with E-state index in [2.05, 4.69) is 0 Å². The van der Waals surface area contributed by atoms with Crippen molar-refractivity contribution in [1.29, 1.82) is 0 Å². The van der Waals surface area contributed by atoms with Gasteiger partial charge < -0.3 is 4.42 Å². The van der Waals surface area contributed by atoms with Crippen LogP contribution in [0.5, 0.6) is 0 Å². The van der Waals surface area contributed by atoms with Gasteiger partial charge in [-0.05, 0) is 30.7 Å². The number of hydrogen-bond acceptors (Lipinski definition) is 4. The van der Waals surface area contributed by atoms with Crippen molar-refractivity contribution in [2.24, 2.45) is 0 Å². The first kappa shape index (κ1) is 12.1. The number of furan rings is 1. The number of hydrogen-bond donors (Lipinski definition) is 0. The van der Waals surface area contributed by atoms with Gasteiger partial charge in [0.25, 0.3) is 0 Å². The van der Waals surface area contributed by atoms with Gasteiger partial charge in [-0.15, -0.1) is 0 Å². The fourth-order valence-corrected chi connectivity index (χ4v) is 2.11. The highest BCUT2D eigenvalue weighted by Gasteiger charge is 1.98. The van der Waals surface area contributed by atoms with Crippen molar-refractivity contribution in [1.82, 2.24) is 0 Å². The van der Waals surface area contributed by atoms with E-state index >= 15 is 0 Å². The van der Waals surface area contributed by atoms with E-state index in [1.165, 1.54) is 0 Å². The third kappa shape index (κ3) is 6.17. The van der Waals surface area contributed by atoms with Crippen LogP contribution in [0.15, 0.2) is 22.8 Å². The minimum Gasteiger partial charge on any atom is -0.468 e.